The number of benzene rings is 2. The highest BCUT2D eigenvalue weighted by Gasteiger charge is 2.33. The van der Waals surface area contributed by atoms with Gasteiger partial charge in [0.2, 0.25) is 10.0 Å². The molecule has 0 fully saturated rings. The summed E-state index contributed by atoms with van der Waals surface area (Å²) in [5.41, 5.74) is 4.86. The maximum Gasteiger partial charge on any atom is 0.279 e. The van der Waals surface area contributed by atoms with Crippen LogP contribution in [0.1, 0.15) is 12.5 Å². The molecule has 1 amide bonds. The number of primary sulfonamides is 1. The lowest BCUT2D eigenvalue weighted by molar-refractivity contribution is -0.112. The van der Waals surface area contributed by atoms with Crippen molar-refractivity contribution in [2.24, 2.45) is 10.2 Å². The Morgan fingerprint density at radius 3 is 2.71 bits per heavy atom. The van der Waals surface area contributed by atoms with E-state index in [0.717, 1.165) is 14.8 Å². The standard InChI is InChI=1S/C17H16IN5O3S2/c1-2-23-14-7-6-10(18)8-13(14)15(16(23)24)21-22-17(27)20-11-4-3-5-12(9-11)28(19,25)26/h3-9H,2H2,1H3,(H2,19,25,26)(H2,20,22,27). The summed E-state index contributed by atoms with van der Waals surface area (Å²) in [7, 11) is -3.82. The van der Waals surface area contributed by atoms with Crippen LogP contribution in [0.4, 0.5) is 11.4 Å². The van der Waals surface area contributed by atoms with Crippen LogP contribution in [0.5, 0.6) is 0 Å². The molecule has 146 valence electrons. The number of carbonyl (C=O) groups excluding carboxylic acids is 1. The second-order valence-electron chi connectivity index (χ2n) is 5.81. The van der Waals surface area contributed by atoms with E-state index in [4.69, 9.17) is 17.4 Å². The zero-order chi connectivity index (χ0) is 20.5. The maximum absolute atomic E-state index is 12.6. The van der Waals surface area contributed by atoms with Crippen molar-refractivity contribution >= 4 is 72.9 Å². The number of hydrogen-bond acceptors (Lipinski definition) is 5. The summed E-state index contributed by atoms with van der Waals surface area (Å²) in [6, 6.07) is 11.6. The van der Waals surface area contributed by atoms with Crippen molar-refractivity contribution in [1.29, 1.82) is 0 Å². The zero-order valence-electron chi connectivity index (χ0n) is 14.6. The third-order valence-electron chi connectivity index (χ3n) is 3.96. The van der Waals surface area contributed by atoms with Gasteiger partial charge in [-0.2, -0.15) is 5.10 Å². The first-order chi connectivity index (χ1) is 13.2. The first-order valence-electron chi connectivity index (χ1n) is 8.10. The van der Waals surface area contributed by atoms with E-state index in [1.54, 1.807) is 11.0 Å². The van der Waals surface area contributed by atoms with Crippen molar-refractivity contribution in [2.75, 3.05) is 16.8 Å². The second kappa shape index (κ2) is 8.11. The van der Waals surface area contributed by atoms with Crippen LogP contribution in [-0.2, 0) is 14.8 Å². The van der Waals surface area contributed by atoms with Crippen molar-refractivity contribution in [2.45, 2.75) is 11.8 Å². The van der Waals surface area contributed by atoms with E-state index in [-0.39, 0.29) is 21.6 Å². The minimum Gasteiger partial charge on any atom is -0.331 e. The molecule has 0 spiro atoms. The largest absolute Gasteiger partial charge is 0.331 e. The van der Waals surface area contributed by atoms with Crippen LogP contribution < -0.4 is 20.8 Å². The summed E-state index contributed by atoms with van der Waals surface area (Å²) in [6.45, 7) is 2.41. The molecule has 1 heterocycles. The number of nitrogens with two attached hydrogens (primary N) is 1. The number of anilines is 2. The maximum atomic E-state index is 12.6. The van der Waals surface area contributed by atoms with E-state index < -0.39 is 10.0 Å². The zero-order valence-corrected chi connectivity index (χ0v) is 18.4. The predicted octanol–water partition coefficient (Wildman–Crippen LogP) is 2.00. The minimum atomic E-state index is -3.82. The normalized spacial score (nSPS) is 14.9. The molecule has 3 rings (SSSR count). The molecule has 0 saturated heterocycles. The molecule has 1 aliphatic rings. The summed E-state index contributed by atoms with van der Waals surface area (Å²) in [4.78, 5) is 14.2. The molecule has 0 atom stereocenters. The van der Waals surface area contributed by atoms with Gasteiger partial charge in [-0.1, -0.05) is 6.07 Å². The van der Waals surface area contributed by atoms with Gasteiger partial charge in [0.1, 0.15) is 0 Å². The molecular formula is C17H16IN5O3S2. The van der Waals surface area contributed by atoms with Gasteiger partial charge in [0.05, 0.1) is 10.6 Å². The Bertz CT molecular complexity index is 1100. The van der Waals surface area contributed by atoms with Gasteiger partial charge in [-0.3, -0.25) is 10.2 Å². The van der Waals surface area contributed by atoms with Crippen molar-refractivity contribution in [1.82, 2.24) is 5.43 Å². The fourth-order valence-corrected chi connectivity index (χ4v) is 3.94. The van der Waals surface area contributed by atoms with E-state index in [1.807, 2.05) is 25.1 Å². The Kier molecular flexibility index (Phi) is 5.98. The quantitative estimate of drug-likeness (QED) is 0.317. The van der Waals surface area contributed by atoms with Gasteiger partial charge >= 0.3 is 0 Å². The van der Waals surface area contributed by atoms with Gasteiger partial charge in [0, 0.05) is 21.4 Å². The van der Waals surface area contributed by atoms with Crippen LogP contribution in [0.2, 0.25) is 0 Å². The first-order valence-corrected chi connectivity index (χ1v) is 11.1. The number of thiocarbonyl (C=S) groups is 1. The van der Waals surface area contributed by atoms with Crippen LogP contribution in [0.25, 0.3) is 0 Å². The lowest BCUT2D eigenvalue weighted by Gasteiger charge is -2.13. The molecular weight excluding hydrogens is 513 g/mol. The highest BCUT2D eigenvalue weighted by Crippen LogP contribution is 2.30. The Labute approximate surface area is 181 Å². The molecule has 28 heavy (non-hydrogen) atoms. The minimum absolute atomic E-state index is 0.0420. The topological polar surface area (TPSA) is 117 Å². The number of halogens is 1. The van der Waals surface area contributed by atoms with Gasteiger partial charge in [-0.05, 0) is 78.1 Å². The Morgan fingerprint density at radius 1 is 1.29 bits per heavy atom. The van der Waals surface area contributed by atoms with E-state index in [2.05, 4.69) is 38.4 Å². The molecule has 0 bridgehead atoms. The Hall–Kier alpha value is -2.09. The van der Waals surface area contributed by atoms with Gasteiger partial charge in [0.15, 0.2) is 10.8 Å². The van der Waals surface area contributed by atoms with Crippen LogP contribution in [0, 0.1) is 3.57 Å². The van der Waals surface area contributed by atoms with Gasteiger partial charge in [-0.25, -0.2) is 13.6 Å². The van der Waals surface area contributed by atoms with Crippen molar-refractivity contribution < 1.29 is 13.2 Å². The van der Waals surface area contributed by atoms with E-state index >= 15 is 0 Å². The van der Waals surface area contributed by atoms with Gasteiger partial charge in [-0.15, -0.1) is 0 Å². The number of likely N-dealkylation sites (N-methyl/N-ethyl adjacent to an activating group) is 1. The monoisotopic (exact) mass is 529 g/mol. The van der Waals surface area contributed by atoms with Crippen LogP contribution in [-0.4, -0.2) is 31.7 Å². The van der Waals surface area contributed by atoms with Crippen LogP contribution in [0.15, 0.2) is 52.5 Å². The molecule has 0 radical (unpaired) electrons. The average molecular weight is 529 g/mol. The molecule has 11 heteroatoms. The summed E-state index contributed by atoms with van der Waals surface area (Å²) in [5, 5.41) is 12.2. The number of hydrazone groups is 1. The van der Waals surface area contributed by atoms with E-state index in [9.17, 15) is 13.2 Å². The summed E-state index contributed by atoms with van der Waals surface area (Å²) in [5.74, 6) is -0.217. The molecule has 8 nitrogen and oxygen atoms in total. The fraction of sp³-hybridized carbons (Fsp3) is 0.118. The van der Waals surface area contributed by atoms with Crippen LogP contribution in [0.3, 0.4) is 0 Å². The van der Waals surface area contributed by atoms with Gasteiger partial charge in [0.25, 0.3) is 5.91 Å². The number of nitrogens with one attached hydrogen (secondary N) is 2. The molecule has 0 aliphatic carbocycles. The van der Waals surface area contributed by atoms with Crippen LogP contribution >= 0.6 is 34.8 Å². The molecule has 1 aliphatic heterocycles. The average Bonchev–Trinajstić information content (AvgIpc) is 2.89. The number of rotatable bonds is 4. The number of sulfonamides is 1. The number of carbonyl (C=O) groups is 1. The summed E-state index contributed by atoms with van der Waals surface area (Å²) in [6.07, 6.45) is 0. The first kappa shape index (κ1) is 20.6. The third kappa shape index (κ3) is 4.32. The number of nitrogens with zero attached hydrogens (tertiary/aromatic N) is 2. The smallest absolute Gasteiger partial charge is 0.279 e. The summed E-state index contributed by atoms with van der Waals surface area (Å²) < 4.78 is 23.9. The SMILES string of the molecule is CCN1C(=O)C(=NNC(=S)Nc2cccc(S(N)(=O)=O)c2)c2cc(I)ccc21. The van der Waals surface area contributed by atoms with E-state index in [1.165, 1.54) is 18.2 Å². The number of amides is 1. The van der Waals surface area contributed by atoms with Gasteiger partial charge < -0.3 is 10.2 Å². The lowest BCUT2D eigenvalue weighted by atomic mass is 10.1. The number of hydrogen-bond donors (Lipinski definition) is 3. The molecule has 2 aromatic rings. The Balaban J connectivity index is 1.80. The molecule has 0 unspecified atom stereocenters. The van der Waals surface area contributed by atoms with Crippen molar-refractivity contribution in [3.05, 3.63) is 51.6 Å². The second-order valence-corrected chi connectivity index (χ2v) is 9.03. The predicted molar refractivity (Wildman–Crippen MR) is 121 cm³/mol. The fourth-order valence-electron chi connectivity index (χ4n) is 2.72. The number of fused-ring (bicyclic) bond motifs is 1. The highest BCUT2D eigenvalue weighted by molar-refractivity contribution is 14.1. The third-order valence-corrected chi connectivity index (χ3v) is 5.73. The van der Waals surface area contributed by atoms with E-state index in [0.29, 0.717) is 12.2 Å². The lowest BCUT2D eigenvalue weighted by Crippen LogP contribution is -2.32. The Morgan fingerprint density at radius 2 is 2.04 bits per heavy atom. The molecule has 4 N–H and O–H groups in total. The molecule has 0 aromatic heterocycles. The van der Waals surface area contributed by atoms with Crippen molar-refractivity contribution in [3.8, 4) is 0 Å². The summed E-state index contributed by atoms with van der Waals surface area (Å²) >= 11 is 7.36. The molecule has 2 aromatic carbocycles. The molecule has 0 saturated carbocycles. The highest BCUT2D eigenvalue weighted by atomic mass is 127. The van der Waals surface area contributed by atoms with Crippen molar-refractivity contribution in [3.63, 3.8) is 0 Å².